The van der Waals surface area contributed by atoms with E-state index in [0.29, 0.717) is 12.5 Å². The van der Waals surface area contributed by atoms with Gasteiger partial charge in [-0.15, -0.1) is 0 Å². The molecule has 6 nitrogen and oxygen atoms in total. The maximum atomic E-state index is 5.48. The smallest absolute Gasteiger partial charge is 0.156 e. The monoisotopic (exact) mass is 309 g/mol. The van der Waals surface area contributed by atoms with E-state index >= 15 is 0 Å². The van der Waals surface area contributed by atoms with Gasteiger partial charge in [0.05, 0.1) is 26.0 Å². The Morgan fingerprint density at radius 1 is 1.17 bits per heavy atom. The molecule has 1 fully saturated rings. The number of ether oxygens (including phenoxy) is 1. The SMILES string of the molecule is c1ccc(Cn2nc(C3CCOC3)nc2Cn2ccnc2)cc1. The molecule has 0 saturated carbocycles. The summed E-state index contributed by atoms with van der Waals surface area (Å²) in [6.07, 6.45) is 6.53. The van der Waals surface area contributed by atoms with Crippen LogP contribution in [0.3, 0.4) is 0 Å². The van der Waals surface area contributed by atoms with Gasteiger partial charge in [0.2, 0.25) is 0 Å². The number of rotatable bonds is 5. The van der Waals surface area contributed by atoms with E-state index in [1.54, 1.807) is 12.5 Å². The third-order valence-electron chi connectivity index (χ3n) is 4.12. The van der Waals surface area contributed by atoms with Crippen LogP contribution in [0.5, 0.6) is 0 Å². The Hall–Kier alpha value is -2.47. The van der Waals surface area contributed by atoms with Crippen molar-refractivity contribution in [1.29, 1.82) is 0 Å². The van der Waals surface area contributed by atoms with Gasteiger partial charge < -0.3 is 9.30 Å². The van der Waals surface area contributed by atoms with Gasteiger partial charge in [-0.3, -0.25) is 0 Å². The van der Waals surface area contributed by atoms with Crippen molar-refractivity contribution in [3.63, 3.8) is 0 Å². The second kappa shape index (κ2) is 6.34. The molecule has 1 unspecified atom stereocenters. The van der Waals surface area contributed by atoms with Gasteiger partial charge in [0.15, 0.2) is 5.82 Å². The molecule has 1 aliphatic heterocycles. The van der Waals surface area contributed by atoms with Crippen LogP contribution in [0.25, 0.3) is 0 Å². The standard InChI is InChI=1S/C17H19N5O/c1-2-4-14(5-3-1)10-22-16(11-21-8-7-18-13-21)19-17(20-22)15-6-9-23-12-15/h1-5,7-8,13,15H,6,9-12H2. The highest BCUT2D eigenvalue weighted by Crippen LogP contribution is 2.23. The van der Waals surface area contributed by atoms with Crippen molar-refractivity contribution in [2.24, 2.45) is 0 Å². The molecule has 0 amide bonds. The predicted octanol–water partition coefficient (Wildman–Crippen LogP) is 2.08. The van der Waals surface area contributed by atoms with Crippen LogP contribution in [0.4, 0.5) is 0 Å². The normalized spacial score (nSPS) is 17.7. The summed E-state index contributed by atoms with van der Waals surface area (Å²) >= 11 is 0. The molecule has 1 aliphatic rings. The second-order valence-electron chi connectivity index (χ2n) is 5.83. The molecule has 3 aromatic rings. The first-order valence-corrected chi connectivity index (χ1v) is 7.89. The van der Waals surface area contributed by atoms with Crippen molar-refractivity contribution in [2.45, 2.75) is 25.4 Å². The van der Waals surface area contributed by atoms with Crippen LogP contribution in [-0.2, 0) is 17.8 Å². The Balaban J connectivity index is 1.63. The second-order valence-corrected chi connectivity index (χ2v) is 5.83. The Kier molecular flexibility index (Phi) is 3.90. The van der Waals surface area contributed by atoms with E-state index in [9.17, 15) is 0 Å². The molecule has 0 N–H and O–H groups in total. The molecular weight excluding hydrogens is 290 g/mol. The summed E-state index contributed by atoms with van der Waals surface area (Å²) in [4.78, 5) is 8.89. The number of nitrogens with zero attached hydrogens (tertiary/aromatic N) is 5. The van der Waals surface area contributed by atoms with Crippen LogP contribution in [0.1, 0.15) is 29.6 Å². The zero-order chi connectivity index (χ0) is 15.5. The van der Waals surface area contributed by atoms with Crippen LogP contribution in [0.15, 0.2) is 49.1 Å². The van der Waals surface area contributed by atoms with Crippen LogP contribution in [0, 0.1) is 0 Å². The number of hydrogen-bond donors (Lipinski definition) is 0. The third kappa shape index (κ3) is 3.17. The minimum absolute atomic E-state index is 0.313. The van der Waals surface area contributed by atoms with Gasteiger partial charge in [0, 0.05) is 24.9 Å². The maximum Gasteiger partial charge on any atom is 0.156 e. The van der Waals surface area contributed by atoms with Gasteiger partial charge in [-0.1, -0.05) is 30.3 Å². The summed E-state index contributed by atoms with van der Waals surface area (Å²) in [7, 11) is 0. The molecule has 2 aromatic heterocycles. The van der Waals surface area contributed by atoms with Gasteiger partial charge in [-0.25, -0.2) is 14.6 Å². The number of aromatic nitrogens is 5. The summed E-state index contributed by atoms with van der Waals surface area (Å²) in [5.74, 6) is 2.16. The van der Waals surface area contributed by atoms with E-state index in [2.05, 4.69) is 17.1 Å². The first kappa shape index (κ1) is 14.1. The lowest BCUT2D eigenvalue weighted by Crippen LogP contribution is -2.10. The van der Waals surface area contributed by atoms with Crippen molar-refractivity contribution < 1.29 is 4.74 Å². The first-order valence-electron chi connectivity index (χ1n) is 7.89. The van der Waals surface area contributed by atoms with Crippen molar-refractivity contribution in [3.05, 3.63) is 66.3 Å². The number of hydrogen-bond acceptors (Lipinski definition) is 4. The van der Waals surface area contributed by atoms with E-state index in [-0.39, 0.29) is 0 Å². The molecule has 1 aromatic carbocycles. The lowest BCUT2D eigenvalue weighted by Gasteiger charge is -2.06. The van der Waals surface area contributed by atoms with Crippen LogP contribution in [0.2, 0.25) is 0 Å². The zero-order valence-corrected chi connectivity index (χ0v) is 12.9. The molecule has 118 valence electrons. The number of imidazole rings is 1. The summed E-state index contributed by atoms with van der Waals surface area (Å²) in [6, 6.07) is 10.3. The Morgan fingerprint density at radius 3 is 2.83 bits per heavy atom. The van der Waals surface area contributed by atoms with E-state index in [1.165, 1.54) is 5.56 Å². The molecule has 6 heteroatoms. The maximum absolute atomic E-state index is 5.48. The molecule has 0 spiro atoms. The molecule has 0 bridgehead atoms. The third-order valence-corrected chi connectivity index (χ3v) is 4.12. The molecular formula is C17H19N5O. The lowest BCUT2D eigenvalue weighted by atomic mass is 10.1. The van der Waals surface area contributed by atoms with E-state index in [0.717, 1.165) is 37.8 Å². The lowest BCUT2D eigenvalue weighted by molar-refractivity contribution is 0.193. The highest BCUT2D eigenvalue weighted by atomic mass is 16.5. The molecule has 3 heterocycles. The van der Waals surface area contributed by atoms with Crippen molar-refractivity contribution in [1.82, 2.24) is 24.3 Å². The van der Waals surface area contributed by atoms with Crippen molar-refractivity contribution in [3.8, 4) is 0 Å². The topological polar surface area (TPSA) is 57.8 Å². The van der Waals surface area contributed by atoms with Crippen LogP contribution >= 0.6 is 0 Å². The summed E-state index contributed by atoms with van der Waals surface area (Å²) in [5.41, 5.74) is 1.22. The van der Waals surface area contributed by atoms with E-state index < -0.39 is 0 Å². The molecule has 1 saturated heterocycles. The Labute approximate surface area is 134 Å². The van der Waals surface area contributed by atoms with Gasteiger partial charge in [0.1, 0.15) is 5.82 Å². The van der Waals surface area contributed by atoms with Gasteiger partial charge >= 0.3 is 0 Å². The average molecular weight is 309 g/mol. The quantitative estimate of drug-likeness (QED) is 0.724. The van der Waals surface area contributed by atoms with E-state index in [1.807, 2.05) is 33.6 Å². The summed E-state index contributed by atoms with van der Waals surface area (Å²) in [6.45, 7) is 2.92. The van der Waals surface area contributed by atoms with Crippen molar-refractivity contribution >= 4 is 0 Å². The molecule has 1 atom stereocenters. The van der Waals surface area contributed by atoms with Gasteiger partial charge in [-0.05, 0) is 12.0 Å². The fourth-order valence-corrected chi connectivity index (χ4v) is 2.85. The highest BCUT2D eigenvalue weighted by Gasteiger charge is 2.23. The largest absolute Gasteiger partial charge is 0.381 e. The molecule has 4 rings (SSSR count). The van der Waals surface area contributed by atoms with Crippen LogP contribution < -0.4 is 0 Å². The van der Waals surface area contributed by atoms with Gasteiger partial charge in [-0.2, -0.15) is 5.10 Å². The Morgan fingerprint density at radius 2 is 2.09 bits per heavy atom. The number of benzene rings is 1. The van der Waals surface area contributed by atoms with Crippen molar-refractivity contribution in [2.75, 3.05) is 13.2 Å². The minimum atomic E-state index is 0.313. The van der Waals surface area contributed by atoms with Crippen LogP contribution in [-0.4, -0.2) is 37.5 Å². The summed E-state index contributed by atoms with van der Waals surface area (Å²) in [5, 5.41) is 4.76. The molecule has 0 aliphatic carbocycles. The fraction of sp³-hybridized carbons (Fsp3) is 0.353. The van der Waals surface area contributed by atoms with E-state index in [4.69, 9.17) is 14.8 Å². The minimum Gasteiger partial charge on any atom is -0.381 e. The average Bonchev–Trinajstić information content (AvgIpc) is 3.31. The Bertz CT molecular complexity index is 745. The first-order chi connectivity index (χ1) is 11.4. The zero-order valence-electron chi connectivity index (χ0n) is 12.9. The molecule has 0 radical (unpaired) electrons. The summed E-state index contributed by atoms with van der Waals surface area (Å²) < 4.78 is 9.50. The predicted molar refractivity (Wildman–Crippen MR) is 85.1 cm³/mol. The highest BCUT2D eigenvalue weighted by molar-refractivity contribution is 5.15. The van der Waals surface area contributed by atoms with Gasteiger partial charge in [0.25, 0.3) is 0 Å². The fourth-order valence-electron chi connectivity index (χ4n) is 2.85. The molecule has 23 heavy (non-hydrogen) atoms.